The molecule has 0 aromatic carbocycles. The molecule has 0 saturated carbocycles. The number of piperazine rings is 1. The fraction of sp³-hybridized carbons (Fsp3) is 0.667. The third-order valence-electron chi connectivity index (χ3n) is 5.61. The van der Waals surface area contributed by atoms with E-state index in [0.29, 0.717) is 6.01 Å². The van der Waals surface area contributed by atoms with E-state index in [1.54, 1.807) is 12.4 Å². The van der Waals surface area contributed by atoms with Gasteiger partial charge in [0.05, 0.1) is 31.7 Å². The number of rotatable bonds is 7. The molecule has 0 unspecified atom stereocenters. The van der Waals surface area contributed by atoms with Crippen LogP contribution in [-0.2, 0) is 4.74 Å². The van der Waals surface area contributed by atoms with Gasteiger partial charge in [0.1, 0.15) is 5.69 Å². The Kier molecular flexibility index (Phi) is 6.81. The van der Waals surface area contributed by atoms with Gasteiger partial charge in [0.25, 0.3) is 0 Å². The Bertz CT molecular complexity index is 794. The largest absolute Gasteiger partial charge is 0.461 e. The Hall–Kier alpha value is -2.23. The fourth-order valence-corrected chi connectivity index (χ4v) is 3.87. The maximum absolute atomic E-state index is 5.53. The standard InChI is InChI=1S/C21H33N7O2/c1-17(2)30-21-22-15-19(16-23-21)28-18(3)14-20(24-28)27-8-6-25(7-9-27)4-5-26-10-12-29-13-11-26/h14-17H,4-13H2,1-3H3. The van der Waals surface area contributed by atoms with Gasteiger partial charge in [-0.15, -0.1) is 5.10 Å². The molecule has 2 aliphatic heterocycles. The number of anilines is 1. The number of aryl methyl sites for hydroxylation is 1. The van der Waals surface area contributed by atoms with Crippen molar-refractivity contribution in [1.82, 2.24) is 29.5 Å². The Morgan fingerprint density at radius 1 is 0.967 bits per heavy atom. The van der Waals surface area contributed by atoms with Crippen LogP contribution in [0.5, 0.6) is 6.01 Å². The molecule has 4 rings (SSSR count). The van der Waals surface area contributed by atoms with Gasteiger partial charge >= 0.3 is 6.01 Å². The van der Waals surface area contributed by atoms with E-state index >= 15 is 0 Å². The van der Waals surface area contributed by atoms with Crippen LogP contribution in [0.3, 0.4) is 0 Å². The highest BCUT2D eigenvalue weighted by atomic mass is 16.5. The van der Waals surface area contributed by atoms with Crippen LogP contribution in [0.2, 0.25) is 0 Å². The number of ether oxygens (including phenoxy) is 2. The van der Waals surface area contributed by atoms with Gasteiger partial charge in [-0.2, -0.15) is 0 Å². The minimum absolute atomic E-state index is 0.0569. The topological polar surface area (TPSA) is 71.8 Å². The zero-order chi connectivity index (χ0) is 20.9. The lowest BCUT2D eigenvalue weighted by Gasteiger charge is -2.36. The predicted octanol–water partition coefficient (Wildman–Crippen LogP) is 1.21. The van der Waals surface area contributed by atoms with Gasteiger partial charge < -0.3 is 14.4 Å². The van der Waals surface area contributed by atoms with E-state index in [-0.39, 0.29) is 6.10 Å². The minimum Gasteiger partial charge on any atom is -0.461 e. The van der Waals surface area contributed by atoms with Crippen molar-refractivity contribution >= 4 is 5.82 Å². The Labute approximate surface area is 178 Å². The number of hydrogen-bond acceptors (Lipinski definition) is 8. The molecule has 0 radical (unpaired) electrons. The van der Waals surface area contributed by atoms with Crippen molar-refractivity contribution in [2.75, 3.05) is 70.5 Å². The molecule has 164 valence electrons. The summed E-state index contributed by atoms with van der Waals surface area (Å²) in [6, 6.07) is 2.54. The molecule has 9 nitrogen and oxygen atoms in total. The number of morpholine rings is 1. The zero-order valence-corrected chi connectivity index (χ0v) is 18.3. The summed E-state index contributed by atoms with van der Waals surface area (Å²) in [5, 5.41) is 4.82. The summed E-state index contributed by atoms with van der Waals surface area (Å²) < 4.78 is 12.9. The molecule has 0 atom stereocenters. The van der Waals surface area contributed by atoms with E-state index in [4.69, 9.17) is 14.6 Å². The third-order valence-corrected chi connectivity index (χ3v) is 5.61. The molecule has 9 heteroatoms. The molecule has 2 aromatic heterocycles. The molecule has 2 aliphatic rings. The van der Waals surface area contributed by atoms with Crippen LogP contribution < -0.4 is 9.64 Å². The first-order valence-corrected chi connectivity index (χ1v) is 10.9. The Morgan fingerprint density at radius 3 is 2.23 bits per heavy atom. The van der Waals surface area contributed by atoms with Crippen LogP contribution in [0.4, 0.5) is 5.82 Å². The maximum Gasteiger partial charge on any atom is 0.316 e. The molecule has 2 fully saturated rings. The smallest absolute Gasteiger partial charge is 0.316 e. The normalized spacial score (nSPS) is 18.9. The highest BCUT2D eigenvalue weighted by molar-refractivity contribution is 5.43. The predicted molar refractivity (Wildman–Crippen MR) is 116 cm³/mol. The quantitative estimate of drug-likeness (QED) is 0.668. The monoisotopic (exact) mass is 415 g/mol. The van der Waals surface area contributed by atoms with Gasteiger partial charge in [-0.05, 0) is 20.8 Å². The summed E-state index contributed by atoms with van der Waals surface area (Å²) in [7, 11) is 0. The van der Waals surface area contributed by atoms with E-state index in [9.17, 15) is 0 Å². The number of nitrogens with zero attached hydrogens (tertiary/aromatic N) is 7. The van der Waals surface area contributed by atoms with Crippen LogP contribution in [0.15, 0.2) is 18.5 Å². The third kappa shape index (κ3) is 5.27. The van der Waals surface area contributed by atoms with Crippen molar-refractivity contribution in [3.05, 3.63) is 24.2 Å². The van der Waals surface area contributed by atoms with Crippen molar-refractivity contribution < 1.29 is 9.47 Å². The van der Waals surface area contributed by atoms with E-state index in [1.807, 2.05) is 18.5 Å². The second kappa shape index (κ2) is 9.72. The molecule has 2 saturated heterocycles. The van der Waals surface area contributed by atoms with Gasteiger partial charge in [-0.25, -0.2) is 14.6 Å². The lowest BCUT2D eigenvalue weighted by atomic mass is 10.3. The average Bonchev–Trinajstić information content (AvgIpc) is 3.15. The first kappa shape index (κ1) is 21.0. The molecule has 0 bridgehead atoms. The highest BCUT2D eigenvalue weighted by Crippen LogP contribution is 2.20. The van der Waals surface area contributed by atoms with Crippen LogP contribution in [-0.4, -0.2) is 101 Å². The summed E-state index contributed by atoms with van der Waals surface area (Å²) >= 11 is 0. The van der Waals surface area contributed by atoms with Gasteiger partial charge in [0.15, 0.2) is 5.82 Å². The first-order chi connectivity index (χ1) is 14.6. The molecule has 0 amide bonds. The van der Waals surface area contributed by atoms with Crippen LogP contribution in [0.1, 0.15) is 19.5 Å². The van der Waals surface area contributed by atoms with Crippen molar-refractivity contribution in [3.8, 4) is 11.7 Å². The molecule has 30 heavy (non-hydrogen) atoms. The number of aromatic nitrogens is 4. The minimum atomic E-state index is 0.0569. The zero-order valence-electron chi connectivity index (χ0n) is 18.3. The first-order valence-electron chi connectivity index (χ1n) is 10.9. The Morgan fingerprint density at radius 2 is 1.60 bits per heavy atom. The molecule has 4 heterocycles. The molecule has 0 aliphatic carbocycles. The van der Waals surface area contributed by atoms with Gasteiger partial charge in [-0.1, -0.05) is 0 Å². The lowest BCUT2D eigenvalue weighted by molar-refractivity contribution is 0.0331. The summed E-state index contributed by atoms with van der Waals surface area (Å²) in [6.07, 6.45) is 3.58. The molecular formula is C21H33N7O2. The van der Waals surface area contributed by atoms with Crippen molar-refractivity contribution in [3.63, 3.8) is 0 Å². The Balaban J connectivity index is 1.31. The second-order valence-electron chi connectivity index (χ2n) is 8.23. The van der Waals surface area contributed by atoms with E-state index in [0.717, 1.165) is 82.8 Å². The van der Waals surface area contributed by atoms with Crippen molar-refractivity contribution in [2.45, 2.75) is 26.9 Å². The van der Waals surface area contributed by atoms with Gasteiger partial charge in [0, 0.05) is 64.1 Å². The highest BCUT2D eigenvalue weighted by Gasteiger charge is 2.21. The van der Waals surface area contributed by atoms with E-state index in [2.05, 4.69) is 37.7 Å². The van der Waals surface area contributed by atoms with Crippen LogP contribution in [0.25, 0.3) is 5.69 Å². The maximum atomic E-state index is 5.53. The van der Waals surface area contributed by atoms with Crippen molar-refractivity contribution in [2.24, 2.45) is 0 Å². The molecular weight excluding hydrogens is 382 g/mol. The summed E-state index contributed by atoms with van der Waals surface area (Å²) in [5.74, 6) is 1.02. The number of hydrogen-bond donors (Lipinski definition) is 0. The van der Waals surface area contributed by atoms with Gasteiger partial charge in [-0.3, -0.25) is 9.80 Å². The van der Waals surface area contributed by atoms with Crippen LogP contribution >= 0.6 is 0 Å². The van der Waals surface area contributed by atoms with Gasteiger partial charge in [0.2, 0.25) is 0 Å². The van der Waals surface area contributed by atoms with Crippen LogP contribution in [0, 0.1) is 6.92 Å². The summed E-state index contributed by atoms with van der Waals surface area (Å²) in [6.45, 7) is 16.2. The fourth-order valence-electron chi connectivity index (χ4n) is 3.87. The molecule has 2 aromatic rings. The lowest BCUT2D eigenvalue weighted by Crippen LogP contribution is -2.49. The average molecular weight is 416 g/mol. The molecule has 0 N–H and O–H groups in total. The molecule has 0 spiro atoms. The SMILES string of the molecule is Cc1cc(N2CCN(CCN3CCOCC3)CC2)nn1-c1cnc(OC(C)C)nc1. The van der Waals surface area contributed by atoms with Crippen molar-refractivity contribution in [1.29, 1.82) is 0 Å². The second-order valence-corrected chi connectivity index (χ2v) is 8.23. The van der Waals surface area contributed by atoms with E-state index < -0.39 is 0 Å². The van der Waals surface area contributed by atoms with E-state index in [1.165, 1.54) is 0 Å². The summed E-state index contributed by atoms with van der Waals surface area (Å²) in [4.78, 5) is 16.0. The summed E-state index contributed by atoms with van der Waals surface area (Å²) in [5.41, 5.74) is 1.92.